The second kappa shape index (κ2) is 9.67. The van der Waals surface area contributed by atoms with Gasteiger partial charge in [0, 0.05) is 14.6 Å². The van der Waals surface area contributed by atoms with E-state index in [9.17, 15) is 0 Å². The largest absolute Gasteiger partial charge is 0.136 e. The van der Waals surface area contributed by atoms with Crippen molar-refractivity contribution in [2.45, 2.75) is 34.6 Å². The lowest BCUT2D eigenvalue weighted by atomic mass is 10.2. The van der Waals surface area contributed by atoms with Gasteiger partial charge >= 0.3 is 0 Å². The SMILES string of the molecule is C=C/C=c1\c(=C/C)sc2ccccc12.CC.CC. The first-order valence-electron chi connectivity index (χ1n) is 6.63. The number of rotatable bonds is 1. The molecular weight excluding hydrogens is 236 g/mol. The molecule has 1 heteroatoms. The van der Waals surface area contributed by atoms with Gasteiger partial charge in [0.2, 0.25) is 0 Å². The summed E-state index contributed by atoms with van der Waals surface area (Å²) >= 11 is 1.83. The van der Waals surface area contributed by atoms with Crippen molar-refractivity contribution >= 4 is 33.6 Å². The van der Waals surface area contributed by atoms with E-state index in [0.717, 1.165) is 0 Å². The molecule has 1 heterocycles. The number of hydrogen-bond donors (Lipinski definition) is 0. The van der Waals surface area contributed by atoms with Crippen LogP contribution in [0.5, 0.6) is 0 Å². The summed E-state index contributed by atoms with van der Waals surface area (Å²) in [6, 6.07) is 8.48. The molecule has 0 aliphatic rings. The number of fused-ring (bicyclic) bond motifs is 1. The van der Waals surface area contributed by atoms with Gasteiger partial charge in [-0.05, 0) is 18.2 Å². The highest BCUT2D eigenvalue weighted by Crippen LogP contribution is 2.11. The normalized spacial score (nSPS) is 11.4. The van der Waals surface area contributed by atoms with Crippen LogP contribution >= 0.6 is 11.3 Å². The molecule has 2 rings (SSSR count). The molecule has 0 nitrogen and oxygen atoms in total. The average molecular weight is 260 g/mol. The highest BCUT2D eigenvalue weighted by molar-refractivity contribution is 7.17. The molecule has 0 amide bonds. The molecule has 18 heavy (non-hydrogen) atoms. The van der Waals surface area contributed by atoms with Gasteiger partial charge in [-0.1, -0.05) is 70.7 Å². The summed E-state index contributed by atoms with van der Waals surface area (Å²) in [4.78, 5) is 0. The summed E-state index contributed by atoms with van der Waals surface area (Å²) in [5.41, 5.74) is 0. The van der Waals surface area contributed by atoms with Gasteiger partial charge in [0.25, 0.3) is 0 Å². The molecule has 98 valence electrons. The second-order valence-corrected chi connectivity index (χ2v) is 4.15. The highest BCUT2D eigenvalue weighted by Gasteiger charge is 1.97. The van der Waals surface area contributed by atoms with Crippen LogP contribution in [0.3, 0.4) is 0 Å². The lowest BCUT2D eigenvalue weighted by molar-refractivity contribution is 1.50. The van der Waals surface area contributed by atoms with Crippen LogP contribution in [0.15, 0.2) is 36.9 Å². The van der Waals surface area contributed by atoms with Crippen molar-refractivity contribution in [3.05, 3.63) is 46.7 Å². The Hall–Kier alpha value is -1.34. The fourth-order valence-corrected chi connectivity index (χ4v) is 2.67. The fourth-order valence-electron chi connectivity index (χ4n) is 1.59. The minimum absolute atomic E-state index is 1.29. The average Bonchev–Trinajstić information content (AvgIpc) is 2.82. The predicted molar refractivity (Wildman–Crippen MR) is 88.6 cm³/mol. The predicted octanol–water partition coefficient (Wildman–Crippen LogP) is 4.72. The summed E-state index contributed by atoms with van der Waals surface area (Å²) in [7, 11) is 0. The Morgan fingerprint density at radius 1 is 1.06 bits per heavy atom. The Bertz CT molecular complexity index is 573. The van der Waals surface area contributed by atoms with E-state index in [1.807, 2.05) is 45.1 Å². The molecule has 0 spiro atoms. The Kier molecular flexibility index (Phi) is 8.95. The monoisotopic (exact) mass is 260 g/mol. The Morgan fingerprint density at radius 3 is 2.22 bits per heavy atom. The lowest BCUT2D eigenvalue weighted by Gasteiger charge is -1.85. The number of allylic oxidation sites excluding steroid dienone is 1. The van der Waals surface area contributed by atoms with Crippen LogP contribution in [0.4, 0.5) is 0 Å². The van der Waals surface area contributed by atoms with Gasteiger partial charge in [0.05, 0.1) is 0 Å². The van der Waals surface area contributed by atoms with E-state index < -0.39 is 0 Å². The van der Waals surface area contributed by atoms with Crippen molar-refractivity contribution in [3.63, 3.8) is 0 Å². The van der Waals surface area contributed by atoms with E-state index in [2.05, 4.69) is 49.9 Å². The molecule has 0 unspecified atom stereocenters. The zero-order valence-electron chi connectivity index (χ0n) is 12.2. The third-order valence-electron chi connectivity index (χ3n) is 2.21. The topological polar surface area (TPSA) is 0 Å². The van der Waals surface area contributed by atoms with Crippen LogP contribution in [0.1, 0.15) is 34.6 Å². The van der Waals surface area contributed by atoms with Gasteiger partial charge in [-0.2, -0.15) is 0 Å². The van der Waals surface area contributed by atoms with Gasteiger partial charge in [-0.3, -0.25) is 0 Å². The molecule has 2 aromatic rings. The van der Waals surface area contributed by atoms with E-state index in [0.29, 0.717) is 0 Å². The molecule has 0 atom stereocenters. The standard InChI is InChI=1S/C13H12S.2C2H6/c1-3-7-10-11-8-5-6-9-13(11)14-12(10)4-2;2*1-2/h3-9H,1H2,2H3;2*1-2H3/b10-7-,12-4+;;. The summed E-state index contributed by atoms with van der Waals surface area (Å²) in [6.07, 6.45) is 6.08. The third kappa shape index (κ3) is 3.85. The van der Waals surface area contributed by atoms with E-state index in [1.165, 1.54) is 19.8 Å². The van der Waals surface area contributed by atoms with E-state index >= 15 is 0 Å². The van der Waals surface area contributed by atoms with Crippen LogP contribution < -0.4 is 9.75 Å². The minimum Gasteiger partial charge on any atom is -0.136 e. The van der Waals surface area contributed by atoms with E-state index in [-0.39, 0.29) is 0 Å². The first kappa shape index (κ1) is 16.7. The molecule has 0 saturated heterocycles. The minimum atomic E-state index is 1.29. The maximum Gasteiger partial charge on any atom is 0.0355 e. The summed E-state index contributed by atoms with van der Waals surface area (Å²) in [5.74, 6) is 0. The fraction of sp³-hybridized carbons (Fsp3) is 0.294. The van der Waals surface area contributed by atoms with E-state index in [4.69, 9.17) is 0 Å². The summed E-state index contributed by atoms with van der Waals surface area (Å²) in [5, 5.41) is 2.62. The van der Waals surface area contributed by atoms with Crippen LogP contribution in [-0.2, 0) is 0 Å². The van der Waals surface area contributed by atoms with Gasteiger partial charge < -0.3 is 0 Å². The molecule has 0 bridgehead atoms. The van der Waals surface area contributed by atoms with Crippen LogP contribution in [-0.4, -0.2) is 0 Å². The zero-order chi connectivity index (χ0) is 14.0. The molecule has 0 N–H and O–H groups in total. The molecule has 0 aliphatic heterocycles. The molecule has 0 saturated carbocycles. The number of thiophene rings is 1. The molecule has 1 aromatic carbocycles. The van der Waals surface area contributed by atoms with Gasteiger partial charge in [-0.25, -0.2) is 0 Å². The van der Waals surface area contributed by atoms with Gasteiger partial charge in [0.15, 0.2) is 0 Å². The maximum atomic E-state index is 3.75. The van der Waals surface area contributed by atoms with Crippen LogP contribution in [0, 0.1) is 0 Å². The lowest BCUT2D eigenvalue weighted by Crippen LogP contribution is -2.17. The van der Waals surface area contributed by atoms with Gasteiger partial charge in [-0.15, -0.1) is 11.3 Å². The zero-order valence-corrected chi connectivity index (χ0v) is 13.0. The Labute approximate surface area is 115 Å². The molecule has 0 aliphatic carbocycles. The summed E-state index contributed by atoms with van der Waals surface area (Å²) < 4.78 is 2.67. The van der Waals surface area contributed by atoms with Crippen molar-refractivity contribution in [1.82, 2.24) is 0 Å². The van der Waals surface area contributed by atoms with Crippen molar-refractivity contribution in [3.8, 4) is 0 Å². The number of hydrogen-bond acceptors (Lipinski definition) is 1. The quantitative estimate of drug-likeness (QED) is 0.696. The van der Waals surface area contributed by atoms with Gasteiger partial charge in [0.1, 0.15) is 0 Å². The van der Waals surface area contributed by atoms with Crippen LogP contribution in [0.2, 0.25) is 0 Å². The Morgan fingerprint density at radius 2 is 1.67 bits per heavy atom. The first-order valence-corrected chi connectivity index (χ1v) is 7.45. The molecule has 0 radical (unpaired) electrons. The maximum absolute atomic E-state index is 3.75. The number of benzene rings is 1. The van der Waals surface area contributed by atoms with Crippen molar-refractivity contribution in [2.75, 3.05) is 0 Å². The molecular formula is C17H24S. The van der Waals surface area contributed by atoms with E-state index in [1.54, 1.807) is 0 Å². The van der Waals surface area contributed by atoms with Crippen molar-refractivity contribution < 1.29 is 0 Å². The first-order chi connectivity index (χ1) is 8.86. The summed E-state index contributed by atoms with van der Waals surface area (Å²) in [6.45, 7) is 13.8. The Balaban J connectivity index is 0.000000659. The van der Waals surface area contributed by atoms with Crippen molar-refractivity contribution in [1.29, 1.82) is 0 Å². The molecule has 0 fully saturated rings. The smallest absolute Gasteiger partial charge is 0.0355 e. The second-order valence-electron chi connectivity index (χ2n) is 3.07. The molecule has 1 aromatic heterocycles. The van der Waals surface area contributed by atoms with Crippen LogP contribution in [0.25, 0.3) is 22.2 Å². The van der Waals surface area contributed by atoms with Crippen molar-refractivity contribution in [2.24, 2.45) is 0 Å². The third-order valence-corrected chi connectivity index (χ3v) is 3.46. The highest BCUT2D eigenvalue weighted by atomic mass is 32.1.